The zero-order valence-electron chi connectivity index (χ0n) is 13.1. The summed E-state index contributed by atoms with van der Waals surface area (Å²) in [6.07, 6.45) is 1.89. The topological polar surface area (TPSA) is 94.0 Å². The first kappa shape index (κ1) is 15.1. The van der Waals surface area contributed by atoms with Crippen molar-refractivity contribution in [2.24, 2.45) is 7.05 Å². The van der Waals surface area contributed by atoms with Crippen LogP contribution in [0.5, 0.6) is 0 Å². The third-order valence-corrected chi connectivity index (χ3v) is 3.33. The van der Waals surface area contributed by atoms with Crippen molar-refractivity contribution in [1.82, 2.24) is 29.5 Å². The second-order valence-electron chi connectivity index (χ2n) is 5.24. The number of carbonyl (C=O) groups is 1. The van der Waals surface area contributed by atoms with Gasteiger partial charge in [-0.1, -0.05) is 13.3 Å². The van der Waals surface area contributed by atoms with Crippen LogP contribution in [0.25, 0.3) is 11.2 Å². The van der Waals surface area contributed by atoms with Crippen LogP contribution in [0.3, 0.4) is 0 Å². The number of rotatable bonds is 5. The normalized spacial score (nSPS) is 11.0. The number of nitrogen functional groups attached to an aromatic ring is 1. The highest BCUT2D eigenvalue weighted by Gasteiger charge is 2.17. The van der Waals surface area contributed by atoms with Gasteiger partial charge in [-0.25, -0.2) is 9.78 Å². The molecule has 2 rings (SSSR count). The molecule has 2 aromatic heterocycles. The van der Waals surface area contributed by atoms with Gasteiger partial charge in [-0.3, -0.25) is 9.25 Å². The van der Waals surface area contributed by atoms with Crippen LogP contribution in [0, 0.1) is 0 Å². The number of anilines is 1. The molecule has 0 saturated carbocycles. The highest BCUT2D eigenvalue weighted by Crippen LogP contribution is 2.21. The van der Waals surface area contributed by atoms with Crippen LogP contribution in [0.15, 0.2) is 0 Å². The summed E-state index contributed by atoms with van der Waals surface area (Å²) in [6.45, 7) is 3.16. The molecule has 0 aliphatic rings. The number of aromatic nitrogens is 4. The summed E-state index contributed by atoms with van der Waals surface area (Å²) >= 11 is 0. The number of fused-ring (bicyclic) bond motifs is 1. The fraction of sp³-hybridized carbons (Fsp3) is 0.615. The van der Waals surface area contributed by atoms with Crippen LogP contribution in [-0.4, -0.2) is 50.9 Å². The Morgan fingerprint density at radius 2 is 2.14 bits per heavy atom. The Bertz CT molecular complexity index is 641. The number of hydrogen-bond acceptors (Lipinski definition) is 4. The van der Waals surface area contributed by atoms with E-state index in [0.717, 1.165) is 29.7 Å². The average molecular weight is 293 g/mol. The van der Waals surface area contributed by atoms with Crippen molar-refractivity contribution in [3.8, 4) is 0 Å². The standard InChI is InChI=1S/C13H23N7O/c1-5-6-9-10-11(19(4)17-9)20(12(14)16-10)8-7-15-13(21)18(2)3/h5-8H2,1-4H3,(H2,14,16)(H,15,21). The molecule has 2 amide bonds. The van der Waals surface area contributed by atoms with Crippen molar-refractivity contribution in [1.29, 1.82) is 0 Å². The van der Waals surface area contributed by atoms with Crippen LogP contribution < -0.4 is 11.1 Å². The number of hydrogen-bond donors (Lipinski definition) is 2. The van der Waals surface area contributed by atoms with Crippen molar-refractivity contribution >= 4 is 23.1 Å². The molecular weight excluding hydrogens is 270 g/mol. The number of imidazole rings is 1. The van der Waals surface area contributed by atoms with Crippen molar-refractivity contribution in [2.45, 2.75) is 26.3 Å². The van der Waals surface area contributed by atoms with E-state index in [-0.39, 0.29) is 6.03 Å². The summed E-state index contributed by atoms with van der Waals surface area (Å²) in [4.78, 5) is 17.4. The fourth-order valence-corrected chi connectivity index (χ4v) is 2.32. The van der Waals surface area contributed by atoms with Gasteiger partial charge in [0.1, 0.15) is 5.52 Å². The van der Waals surface area contributed by atoms with Gasteiger partial charge < -0.3 is 16.0 Å². The second kappa shape index (κ2) is 6.02. The first-order valence-corrected chi connectivity index (χ1v) is 7.08. The van der Waals surface area contributed by atoms with Gasteiger partial charge in [-0.05, 0) is 6.42 Å². The molecule has 8 heteroatoms. The van der Waals surface area contributed by atoms with E-state index in [9.17, 15) is 4.79 Å². The Kier molecular flexibility index (Phi) is 4.35. The van der Waals surface area contributed by atoms with Crippen LogP contribution in [0.1, 0.15) is 19.0 Å². The molecule has 3 N–H and O–H groups in total. The molecule has 2 aromatic rings. The molecule has 0 radical (unpaired) electrons. The Morgan fingerprint density at radius 3 is 2.76 bits per heavy atom. The number of aryl methyl sites for hydroxylation is 2. The third kappa shape index (κ3) is 2.93. The fourth-order valence-electron chi connectivity index (χ4n) is 2.32. The molecule has 0 bridgehead atoms. The number of amides is 2. The number of urea groups is 1. The molecule has 0 unspecified atom stereocenters. The molecule has 116 valence electrons. The van der Waals surface area contributed by atoms with Crippen molar-refractivity contribution in [2.75, 3.05) is 26.4 Å². The molecule has 0 aliphatic heterocycles. The van der Waals surface area contributed by atoms with Crippen LogP contribution in [0.2, 0.25) is 0 Å². The quantitative estimate of drug-likeness (QED) is 0.843. The van der Waals surface area contributed by atoms with Gasteiger partial charge in [0.05, 0.1) is 5.69 Å². The van der Waals surface area contributed by atoms with Gasteiger partial charge >= 0.3 is 6.03 Å². The molecular formula is C13H23N7O. The first-order chi connectivity index (χ1) is 9.95. The van der Waals surface area contributed by atoms with Gasteiger partial charge in [0.15, 0.2) is 5.65 Å². The molecule has 8 nitrogen and oxygen atoms in total. The zero-order chi connectivity index (χ0) is 15.6. The Labute approximate surface area is 123 Å². The van der Waals surface area contributed by atoms with Crippen molar-refractivity contribution < 1.29 is 4.79 Å². The first-order valence-electron chi connectivity index (χ1n) is 7.08. The van der Waals surface area contributed by atoms with Gasteiger partial charge in [-0.15, -0.1) is 0 Å². The van der Waals surface area contributed by atoms with Crippen LogP contribution in [-0.2, 0) is 20.0 Å². The lowest BCUT2D eigenvalue weighted by atomic mass is 10.2. The number of nitrogens with one attached hydrogen (secondary N) is 1. The molecule has 0 saturated heterocycles. The lowest BCUT2D eigenvalue weighted by molar-refractivity contribution is 0.217. The van der Waals surface area contributed by atoms with E-state index in [2.05, 4.69) is 22.3 Å². The number of nitrogens with zero attached hydrogens (tertiary/aromatic N) is 5. The van der Waals surface area contributed by atoms with E-state index < -0.39 is 0 Å². The van der Waals surface area contributed by atoms with E-state index >= 15 is 0 Å². The SMILES string of the molecule is CCCc1nn(C)c2c1nc(N)n2CCNC(=O)N(C)C. The minimum absolute atomic E-state index is 0.124. The highest BCUT2D eigenvalue weighted by molar-refractivity contribution is 5.78. The van der Waals surface area contributed by atoms with Crippen LogP contribution in [0.4, 0.5) is 10.7 Å². The van der Waals surface area contributed by atoms with Gasteiger partial charge in [0.2, 0.25) is 5.95 Å². The second-order valence-corrected chi connectivity index (χ2v) is 5.24. The molecule has 0 aliphatic carbocycles. The average Bonchev–Trinajstić information content (AvgIpc) is 2.89. The predicted octanol–water partition coefficient (Wildman–Crippen LogP) is 0.576. The van der Waals surface area contributed by atoms with Gasteiger partial charge in [0.25, 0.3) is 0 Å². The summed E-state index contributed by atoms with van der Waals surface area (Å²) < 4.78 is 3.69. The van der Waals surface area contributed by atoms with E-state index in [1.54, 1.807) is 18.8 Å². The Hall–Kier alpha value is -2.25. The summed E-state index contributed by atoms with van der Waals surface area (Å²) in [6, 6.07) is -0.124. The van der Waals surface area contributed by atoms with Crippen molar-refractivity contribution in [3.63, 3.8) is 0 Å². The third-order valence-electron chi connectivity index (χ3n) is 3.33. The smallest absolute Gasteiger partial charge is 0.316 e. The van der Waals surface area contributed by atoms with E-state index in [0.29, 0.717) is 19.0 Å². The van der Waals surface area contributed by atoms with E-state index in [4.69, 9.17) is 5.73 Å². The van der Waals surface area contributed by atoms with Crippen molar-refractivity contribution in [3.05, 3.63) is 5.69 Å². The van der Waals surface area contributed by atoms with E-state index in [1.807, 2.05) is 11.6 Å². The molecule has 2 heterocycles. The summed E-state index contributed by atoms with van der Waals surface area (Å²) in [5.74, 6) is 0.453. The van der Waals surface area contributed by atoms with Crippen LogP contribution >= 0.6 is 0 Å². The lowest BCUT2D eigenvalue weighted by Crippen LogP contribution is -2.36. The molecule has 0 aromatic carbocycles. The zero-order valence-corrected chi connectivity index (χ0v) is 13.1. The molecule has 0 spiro atoms. The van der Waals surface area contributed by atoms with E-state index in [1.165, 1.54) is 4.90 Å². The lowest BCUT2D eigenvalue weighted by Gasteiger charge is -2.12. The summed E-state index contributed by atoms with van der Waals surface area (Å²) in [5.41, 5.74) is 8.72. The minimum atomic E-state index is -0.124. The minimum Gasteiger partial charge on any atom is -0.369 e. The predicted molar refractivity (Wildman–Crippen MR) is 82.0 cm³/mol. The largest absolute Gasteiger partial charge is 0.369 e. The molecule has 0 fully saturated rings. The summed E-state index contributed by atoms with van der Waals surface area (Å²) in [7, 11) is 5.30. The van der Waals surface area contributed by atoms with Gasteiger partial charge in [0, 0.05) is 34.2 Å². The maximum absolute atomic E-state index is 11.5. The highest BCUT2D eigenvalue weighted by atomic mass is 16.2. The number of nitrogens with two attached hydrogens (primary N) is 1. The Morgan fingerprint density at radius 1 is 1.43 bits per heavy atom. The maximum atomic E-state index is 11.5. The van der Waals surface area contributed by atoms with Gasteiger partial charge in [-0.2, -0.15) is 5.10 Å². The monoisotopic (exact) mass is 293 g/mol. The Balaban J connectivity index is 2.20. The maximum Gasteiger partial charge on any atom is 0.316 e. The number of carbonyl (C=O) groups excluding carboxylic acids is 1. The molecule has 0 atom stereocenters. The summed E-state index contributed by atoms with van der Waals surface area (Å²) in [5, 5.41) is 7.31. The molecule has 21 heavy (non-hydrogen) atoms.